The molecule has 2 heterocycles. The minimum atomic E-state index is -0.353. The van der Waals surface area contributed by atoms with Gasteiger partial charge in [-0.1, -0.05) is 36.4 Å². The molecule has 1 fully saturated rings. The Balaban J connectivity index is 1.13. The van der Waals surface area contributed by atoms with Gasteiger partial charge in [0.25, 0.3) is 11.8 Å². The molecule has 9 nitrogen and oxygen atoms in total. The highest BCUT2D eigenvalue weighted by molar-refractivity contribution is 5.96. The molecule has 2 aromatic rings. The topological polar surface area (TPSA) is 101 Å². The van der Waals surface area contributed by atoms with Crippen molar-refractivity contribution in [2.45, 2.75) is 38.1 Å². The first-order valence-corrected chi connectivity index (χ1v) is 13.1. The SMILES string of the molecule is COc1cc(C2CN(C(=O)C3=CC(OCC(=O)N(C)C4=CC4)CC=N3)C2)ccc1OCc1ccc(CO)cc1. The van der Waals surface area contributed by atoms with Crippen LogP contribution in [0.3, 0.4) is 0 Å². The maximum atomic E-state index is 13.0. The first-order valence-electron chi connectivity index (χ1n) is 13.1. The lowest BCUT2D eigenvalue weighted by Gasteiger charge is -2.40. The Bertz CT molecular complexity index is 1310. The van der Waals surface area contributed by atoms with Crippen molar-refractivity contribution in [1.29, 1.82) is 0 Å². The van der Waals surface area contributed by atoms with E-state index in [4.69, 9.17) is 14.2 Å². The normalized spacial score (nSPS) is 18.1. The lowest BCUT2D eigenvalue weighted by Crippen LogP contribution is -2.49. The van der Waals surface area contributed by atoms with Crippen LogP contribution >= 0.6 is 0 Å². The van der Waals surface area contributed by atoms with Crippen LogP contribution in [0.5, 0.6) is 11.5 Å². The number of nitrogens with zero attached hydrogens (tertiary/aromatic N) is 3. The smallest absolute Gasteiger partial charge is 0.272 e. The lowest BCUT2D eigenvalue weighted by atomic mass is 9.90. The van der Waals surface area contributed by atoms with E-state index in [0.717, 1.165) is 28.8 Å². The molecule has 9 heteroatoms. The predicted octanol–water partition coefficient (Wildman–Crippen LogP) is 3.18. The van der Waals surface area contributed by atoms with Gasteiger partial charge in [0.1, 0.15) is 18.9 Å². The summed E-state index contributed by atoms with van der Waals surface area (Å²) in [5.74, 6) is 1.24. The summed E-state index contributed by atoms with van der Waals surface area (Å²) in [6.07, 6.45) is 6.40. The molecule has 0 bridgehead atoms. The molecule has 0 radical (unpaired) electrons. The van der Waals surface area contributed by atoms with Crippen molar-refractivity contribution < 1.29 is 28.9 Å². The number of benzene rings is 2. The second-order valence-corrected chi connectivity index (χ2v) is 9.88. The Morgan fingerprint density at radius 3 is 2.54 bits per heavy atom. The van der Waals surface area contributed by atoms with Crippen LogP contribution < -0.4 is 9.47 Å². The molecule has 1 atom stereocenters. The van der Waals surface area contributed by atoms with E-state index in [1.165, 1.54) is 0 Å². The molecule has 2 aromatic carbocycles. The number of methoxy groups -OCH3 is 1. The van der Waals surface area contributed by atoms with Gasteiger partial charge in [-0.15, -0.1) is 0 Å². The molecule has 1 saturated heterocycles. The molecule has 3 aliphatic rings. The molecule has 0 spiro atoms. The molecular weight excluding hydrogens is 498 g/mol. The van der Waals surface area contributed by atoms with Crippen LogP contribution in [0.4, 0.5) is 0 Å². The van der Waals surface area contributed by atoms with Crippen LogP contribution in [-0.2, 0) is 27.5 Å². The Morgan fingerprint density at radius 1 is 1.10 bits per heavy atom. The molecule has 204 valence electrons. The molecule has 5 rings (SSSR count). The second-order valence-electron chi connectivity index (χ2n) is 9.88. The Labute approximate surface area is 228 Å². The summed E-state index contributed by atoms with van der Waals surface area (Å²) in [6, 6.07) is 13.5. The van der Waals surface area contributed by atoms with Gasteiger partial charge in [0.2, 0.25) is 0 Å². The quantitative estimate of drug-likeness (QED) is 0.478. The second kappa shape index (κ2) is 11.8. The van der Waals surface area contributed by atoms with Crippen LogP contribution in [0, 0.1) is 0 Å². The van der Waals surface area contributed by atoms with Crippen LogP contribution in [0.2, 0.25) is 0 Å². The monoisotopic (exact) mass is 531 g/mol. The molecule has 2 aliphatic heterocycles. The van der Waals surface area contributed by atoms with Gasteiger partial charge < -0.3 is 29.1 Å². The maximum absolute atomic E-state index is 13.0. The van der Waals surface area contributed by atoms with Gasteiger partial charge in [-0.25, -0.2) is 0 Å². The fraction of sp³-hybridized carbons (Fsp3) is 0.367. The zero-order valence-electron chi connectivity index (χ0n) is 22.2. The van der Waals surface area contributed by atoms with Gasteiger partial charge in [0.05, 0.1) is 19.8 Å². The largest absolute Gasteiger partial charge is 0.493 e. The minimum absolute atomic E-state index is 0.0132. The Kier molecular flexibility index (Phi) is 8.09. The van der Waals surface area contributed by atoms with E-state index >= 15 is 0 Å². The summed E-state index contributed by atoms with van der Waals surface area (Å²) in [5.41, 5.74) is 4.29. The van der Waals surface area contributed by atoms with Gasteiger partial charge in [0, 0.05) is 50.8 Å². The van der Waals surface area contributed by atoms with Crippen LogP contribution in [-0.4, -0.2) is 72.9 Å². The van der Waals surface area contributed by atoms with Crippen molar-refractivity contribution in [2.24, 2.45) is 4.99 Å². The standard InChI is InChI=1S/C30H33N3O6/c1-32(24-8-9-24)29(35)19-38-25-11-12-31-26(14-25)30(36)33-15-23(16-33)22-7-10-27(28(13-22)37-2)39-18-21-5-3-20(17-34)4-6-21/h3-8,10,12-14,23,25,34H,9,11,15-19H2,1-2H3. The number of aliphatic hydroxyl groups excluding tert-OH is 1. The Hall–Kier alpha value is -3.95. The lowest BCUT2D eigenvalue weighted by molar-refractivity contribution is -0.133. The van der Waals surface area contributed by atoms with E-state index in [9.17, 15) is 14.7 Å². The average Bonchev–Trinajstić information content (AvgIpc) is 3.80. The number of rotatable bonds is 11. The van der Waals surface area contributed by atoms with Crippen molar-refractivity contribution >= 4 is 18.0 Å². The molecule has 1 unspecified atom stereocenters. The summed E-state index contributed by atoms with van der Waals surface area (Å²) in [7, 11) is 3.35. The zero-order valence-corrected chi connectivity index (χ0v) is 22.2. The number of aliphatic imine (C=N–C) groups is 1. The third kappa shape index (κ3) is 6.38. The number of likely N-dealkylation sites (N-methyl/N-ethyl adjacent to an activating group) is 1. The molecule has 0 saturated carbocycles. The van der Waals surface area contributed by atoms with Gasteiger partial charge in [-0.2, -0.15) is 0 Å². The third-order valence-electron chi connectivity index (χ3n) is 7.17. The van der Waals surface area contributed by atoms with Gasteiger partial charge in [-0.05, 0) is 34.9 Å². The fourth-order valence-corrected chi connectivity index (χ4v) is 4.52. The fourth-order valence-electron chi connectivity index (χ4n) is 4.52. The summed E-state index contributed by atoms with van der Waals surface area (Å²) in [5, 5.41) is 9.20. The van der Waals surface area contributed by atoms with E-state index in [0.29, 0.717) is 43.3 Å². The van der Waals surface area contributed by atoms with Crippen LogP contribution in [0.1, 0.15) is 35.4 Å². The number of carbonyl (C=O) groups is 2. The maximum Gasteiger partial charge on any atom is 0.272 e. The summed E-state index contributed by atoms with van der Waals surface area (Å²) in [6.45, 7) is 1.52. The number of hydrogen-bond donors (Lipinski definition) is 1. The highest BCUT2D eigenvalue weighted by atomic mass is 16.5. The zero-order chi connectivity index (χ0) is 27.4. The molecule has 2 amide bonds. The highest BCUT2D eigenvalue weighted by Crippen LogP contribution is 2.35. The number of likely N-dealkylation sites (tertiary alicyclic amines) is 1. The number of amides is 2. The van der Waals surface area contributed by atoms with E-state index in [-0.39, 0.29) is 37.0 Å². The van der Waals surface area contributed by atoms with Gasteiger partial charge >= 0.3 is 0 Å². The van der Waals surface area contributed by atoms with Crippen LogP contribution in [0.15, 0.2) is 71.0 Å². The minimum Gasteiger partial charge on any atom is -0.493 e. The van der Waals surface area contributed by atoms with Gasteiger partial charge in [-0.3, -0.25) is 14.6 Å². The van der Waals surface area contributed by atoms with Crippen molar-refractivity contribution in [1.82, 2.24) is 9.80 Å². The number of allylic oxidation sites excluding steroid dienone is 2. The third-order valence-corrected chi connectivity index (χ3v) is 7.17. The van der Waals surface area contributed by atoms with Crippen molar-refractivity contribution in [3.8, 4) is 11.5 Å². The molecule has 0 aromatic heterocycles. The first kappa shape index (κ1) is 26.6. The van der Waals surface area contributed by atoms with E-state index in [1.807, 2.05) is 48.5 Å². The summed E-state index contributed by atoms with van der Waals surface area (Å²) >= 11 is 0. The number of ether oxygens (including phenoxy) is 3. The van der Waals surface area contributed by atoms with Crippen LogP contribution in [0.25, 0.3) is 0 Å². The molecule has 1 N–H and O–H groups in total. The number of aliphatic hydroxyl groups is 1. The summed E-state index contributed by atoms with van der Waals surface area (Å²) < 4.78 is 17.3. The summed E-state index contributed by atoms with van der Waals surface area (Å²) in [4.78, 5) is 32.9. The Morgan fingerprint density at radius 2 is 1.85 bits per heavy atom. The van der Waals surface area contributed by atoms with Crippen molar-refractivity contribution in [3.05, 3.63) is 82.7 Å². The van der Waals surface area contributed by atoms with E-state index in [2.05, 4.69) is 4.99 Å². The molecule has 1 aliphatic carbocycles. The average molecular weight is 532 g/mol. The molecule has 39 heavy (non-hydrogen) atoms. The predicted molar refractivity (Wildman–Crippen MR) is 145 cm³/mol. The number of carbonyl (C=O) groups excluding carboxylic acids is 2. The van der Waals surface area contributed by atoms with E-state index < -0.39 is 0 Å². The van der Waals surface area contributed by atoms with Crippen molar-refractivity contribution in [2.75, 3.05) is 33.9 Å². The van der Waals surface area contributed by atoms with Crippen molar-refractivity contribution in [3.63, 3.8) is 0 Å². The first-order chi connectivity index (χ1) is 18.9. The number of hydrogen-bond acceptors (Lipinski definition) is 7. The van der Waals surface area contributed by atoms with Gasteiger partial charge in [0.15, 0.2) is 11.5 Å². The molecular formula is C30H33N3O6. The highest BCUT2D eigenvalue weighted by Gasteiger charge is 2.34. The van der Waals surface area contributed by atoms with E-state index in [1.54, 1.807) is 36.2 Å².